The van der Waals surface area contributed by atoms with Gasteiger partial charge in [0, 0.05) is 19.1 Å². The first-order valence-electron chi connectivity index (χ1n) is 7.53. The summed E-state index contributed by atoms with van der Waals surface area (Å²) in [5.74, 6) is 0.688. The van der Waals surface area contributed by atoms with Crippen LogP contribution in [-0.4, -0.2) is 42.3 Å². The lowest BCUT2D eigenvalue weighted by atomic mass is 9.96. The van der Waals surface area contributed by atoms with Crippen molar-refractivity contribution in [2.24, 2.45) is 5.92 Å². The molecule has 0 bridgehead atoms. The Hall–Kier alpha value is -0.770. The number of ether oxygens (including phenoxy) is 1. The number of rotatable bonds is 4. The number of hydrogen-bond acceptors (Lipinski definition) is 3. The van der Waals surface area contributed by atoms with Crippen molar-refractivity contribution in [1.82, 2.24) is 10.2 Å². The summed E-state index contributed by atoms with van der Waals surface area (Å²) >= 11 is 0. The molecule has 4 nitrogen and oxygen atoms in total. The van der Waals surface area contributed by atoms with Crippen LogP contribution in [0.1, 0.15) is 53.9 Å². The van der Waals surface area contributed by atoms with Gasteiger partial charge in [-0.2, -0.15) is 0 Å². The normalized spacial score (nSPS) is 19.3. The minimum Gasteiger partial charge on any atom is -0.444 e. The molecule has 1 heterocycles. The van der Waals surface area contributed by atoms with E-state index in [1.165, 1.54) is 0 Å². The molecule has 4 heteroatoms. The molecule has 0 aromatic heterocycles. The van der Waals surface area contributed by atoms with E-state index in [0.29, 0.717) is 12.0 Å². The van der Waals surface area contributed by atoms with Crippen LogP contribution in [0.25, 0.3) is 0 Å². The van der Waals surface area contributed by atoms with E-state index in [2.05, 4.69) is 19.2 Å². The van der Waals surface area contributed by atoms with Crippen molar-refractivity contribution in [3.63, 3.8) is 0 Å². The molecular formula is C15H30N2O2. The first-order valence-corrected chi connectivity index (χ1v) is 7.53. The van der Waals surface area contributed by atoms with Gasteiger partial charge in [-0.1, -0.05) is 6.92 Å². The van der Waals surface area contributed by atoms with Gasteiger partial charge in [0.2, 0.25) is 0 Å². The Labute approximate surface area is 117 Å². The van der Waals surface area contributed by atoms with Crippen LogP contribution in [0, 0.1) is 5.92 Å². The summed E-state index contributed by atoms with van der Waals surface area (Å²) in [6.45, 7) is 12.9. The van der Waals surface area contributed by atoms with E-state index in [1.807, 2.05) is 25.7 Å². The first-order chi connectivity index (χ1) is 8.81. The molecule has 1 aliphatic rings. The highest BCUT2D eigenvalue weighted by atomic mass is 16.6. The summed E-state index contributed by atoms with van der Waals surface area (Å²) in [6, 6.07) is 0.587. The van der Waals surface area contributed by atoms with Gasteiger partial charge >= 0.3 is 6.09 Å². The van der Waals surface area contributed by atoms with Crippen molar-refractivity contribution in [2.75, 3.05) is 19.6 Å². The van der Waals surface area contributed by atoms with Gasteiger partial charge in [0.25, 0.3) is 0 Å². The Morgan fingerprint density at radius 2 is 1.95 bits per heavy atom. The number of carbonyl (C=O) groups is 1. The zero-order valence-electron chi connectivity index (χ0n) is 13.2. The van der Waals surface area contributed by atoms with Gasteiger partial charge < -0.3 is 15.0 Å². The number of amides is 1. The summed E-state index contributed by atoms with van der Waals surface area (Å²) in [7, 11) is 0. The SMILES string of the molecule is CCC(C)NCC1CCN(C(=O)OC(C)(C)C)CC1. The van der Waals surface area contributed by atoms with E-state index in [1.54, 1.807) is 0 Å². The Bertz CT molecular complexity index is 278. The van der Waals surface area contributed by atoms with Crippen molar-refractivity contribution in [2.45, 2.75) is 65.5 Å². The van der Waals surface area contributed by atoms with Crippen molar-refractivity contribution in [3.05, 3.63) is 0 Å². The van der Waals surface area contributed by atoms with Crippen LogP contribution in [0.2, 0.25) is 0 Å². The molecule has 0 saturated carbocycles. The highest BCUT2D eigenvalue weighted by Crippen LogP contribution is 2.19. The molecule has 0 aliphatic carbocycles. The lowest BCUT2D eigenvalue weighted by Gasteiger charge is -2.33. The maximum Gasteiger partial charge on any atom is 0.410 e. The van der Waals surface area contributed by atoms with Crippen molar-refractivity contribution < 1.29 is 9.53 Å². The summed E-state index contributed by atoms with van der Waals surface area (Å²) in [6.07, 6.45) is 3.14. The molecule has 19 heavy (non-hydrogen) atoms. The molecule has 1 fully saturated rings. The Morgan fingerprint density at radius 1 is 1.37 bits per heavy atom. The van der Waals surface area contributed by atoms with Gasteiger partial charge in [0.1, 0.15) is 5.60 Å². The molecule has 1 N–H and O–H groups in total. The summed E-state index contributed by atoms with van der Waals surface area (Å²) in [5.41, 5.74) is -0.397. The topological polar surface area (TPSA) is 41.6 Å². The molecule has 1 rings (SSSR count). The molecule has 1 amide bonds. The fourth-order valence-electron chi connectivity index (χ4n) is 2.16. The fraction of sp³-hybridized carbons (Fsp3) is 0.933. The molecule has 1 atom stereocenters. The summed E-state index contributed by atoms with van der Waals surface area (Å²) in [5, 5.41) is 3.55. The predicted octanol–water partition coefficient (Wildman–Crippen LogP) is 3.02. The van der Waals surface area contributed by atoms with Crippen LogP contribution in [0.5, 0.6) is 0 Å². The average Bonchev–Trinajstić information content (AvgIpc) is 2.34. The Kier molecular flexibility index (Phi) is 6.11. The van der Waals surface area contributed by atoms with Crippen LogP contribution < -0.4 is 5.32 Å². The Morgan fingerprint density at radius 3 is 2.42 bits per heavy atom. The zero-order valence-corrected chi connectivity index (χ0v) is 13.2. The second kappa shape index (κ2) is 7.13. The number of nitrogens with one attached hydrogen (secondary N) is 1. The molecule has 0 spiro atoms. The third kappa shape index (κ3) is 6.28. The summed E-state index contributed by atoms with van der Waals surface area (Å²) < 4.78 is 5.40. The molecule has 1 unspecified atom stereocenters. The van der Waals surface area contributed by atoms with Crippen LogP contribution in [0.4, 0.5) is 4.79 Å². The maximum atomic E-state index is 11.9. The zero-order chi connectivity index (χ0) is 14.5. The van der Waals surface area contributed by atoms with Crippen LogP contribution >= 0.6 is 0 Å². The van der Waals surface area contributed by atoms with E-state index >= 15 is 0 Å². The van der Waals surface area contributed by atoms with Crippen LogP contribution in [0.3, 0.4) is 0 Å². The van der Waals surface area contributed by atoms with Gasteiger partial charge in [-0.25, -0.2) is 4.79 Å². The maximum absolute atomic E-state index is 11.9. The van der Waals surface area contributed by atoms with Crippen LogP contribution in [-0.2, 0) is 4.74 Å². The summed E-state index contributed by atoms with van der Waals surface area (Å²) in [4.78, 5) is 13.8. The van der Waals surface area contributed by atoms with E-state index in [-0.39, 0.29) is 6.09 Å². The highest BCUT2D eigenvalue weighted by molar-refractivity contribution is 5.68. The monoisotopic (exact) mass is 270 g/mol. The van der Waals surface area contributed by atoms with Gasteiger partial charge in [0.15, 0.2) is 0 Å². The first kappa shape index (κ1) is 16.3. The number of piperidine rings is 1. The number of likely N-dealkylation sites (tertiary alicyclic amines) is 1. The van der Waals surface area contributed by atoms with Gasteiger partial charge in [0.05, 0.1) is 0 Å². The van der Waals surface area contributed by atoms with Gasteiger partial charge in [-0.3, -0.25) is 0 Å². The van der Waals surface area contributed by atoms with E-state index in [4.69, 9.17) is 4.74 Å². The molecule has 0 radical (unpaired) electrons. The molecule has 1 aliphatic heterocycles. The number of carbonyl (C=O) groups excluding carboxylic acids is 1. The Balaban J connectivity index is 2.27. The largest absolute Gasteiger partial charge is 0.444 e. The standard InChI is InChI=1S/C15H30N2O2/c1-6-12(2)16-11-13-7-9-17(10-8-13)14(18)19-15(3,4)5/h12-13,16H,6-11H2,1-5H3. The highest BCUT2D eigenvalue weighted by Gasteiger charge is 2.26. The third-order valence-electron chi connectivity index (χ3n) is 3.63. The lowest BCUT2D eigenvalue weighted by Crippen LogP contribution is -2.43. The van der Waals surface area contributed by atoms with Crippen molar-refractivity contribution in [3.8, 4) is 0 Å². The van der Waals surface area contributed by atoms with Crippen LogP contribution in [0.15, 0.2) is 0 Å². The van der Waals surface area contributed by atoms with E-state index < -0.39 is 5.60 Å². The third-order valence-corrected chi connectivity index (χ3v) is 3.63. The second-order valence-electron chi connectivity index (χ2n) is 6.63. The van der Waals surface area contributed by atoms with Gasteiger partial charge in [-0.15, -0.1) is 0 Å². The number of nitrogens with zero attached hydrogens (tertiary/aromatic N) is 1. The second-order valence-corrected chi connectivity index (χ2v) is 6.63. The molecule has 0 aromatic carbocycles. The average molecular weight is 270 g/mol. The molecule has 0 aromatic rings. The van der Waals surface area contributed by atoms with Crippen molar-refractivity contribution >= 4 is 6.09 Å². The minimum atomic E-state index is -0.397. The molecule has 1 saturated heterocycles. The van der Waals surface area contributed by atoms with E-state index in [9.17, 15) is 4.79 Å². The minimum absolute atomic E-state index is 0.166. The predicted molar refractivity (Wildman–Crippen MR) is 78.3 cm³/mol. The lowest BCUT2D eigenvalue weighted by molar-refractivity contribution is 0.0183. The smallest absolute Gasteiger partial charge is 0.410 e. The number of hydrogen-bond donors (Lipinski definition) is 1. The van der Waals surface area contributed by atoms with Crippen molar-refractivity contribution in [1.29, 1.82) is 0 Å². The molecule has 112 valence electrons. The van der Waals surface area contributed by atoms with E-state index in [0.717, 1.165) is 38.9 Å². The molecular weight excluding hydrogens is 240 g/mol. The quantitative estimate of drug-likeness (QED) is 0.854. The van der Waals surface area contributed by atoms with Gasteiger partial charge in [-0.05, 0) is 59.4 Å². The fourth-order valence-corrected chi connectivity index (χ4v) is 2.16.